The maximum Gasteiger partial charge on any atom is 0.460 e. The van der Waals surface area contributed by atoms with Crippen molar-refractivity contribution < 1.29 is 57.1 Å². The Morgan fingerprint density at radius 2 is 0.865 bits per heavy atom. The van der Waals surface area contributed by atoms with E-state index in [1.54, 1.807) is 0 Å². The first-order chi connectivity index (χ1) is 16.7. The summed E-state index contributed by atoms with van der Waals surface area (Å²) in [6.45, 7) is 2.12. The van der Waals surface area contributed by atoms with E-state index in [-0.39, 0.29) is 0 Å². The average molecular weight is 569 g/mol. The molecule has 0 atom stereocenters. The van der Waals surface area contributed by atoms with Crippen molar-refractivity contribution in [3.63, 3.8) is 0 Å². The lowest BCUT2D eigenvalue weighted by Crippen LogP contribution is -2.70. The third-order valence-corrected chi connectivity index (χ3v) is 8.28. The number of hydrogen-bond donors (Lipinski definition) is 0. The van der Waals surface area contributed by atoms with E-state index in [9.17, 15) is 57.1 Å². The number of hydrogen-bond acceptors (Lipinski definition) is 0. The van der Waals surface area contributed by atoms with Crippen LogP contribution in [-0.4, -0.2) is 35.8 Å². The Balaban J connectivity index is 1.95. The van der Waals surface area contributed by atoms with Crippen LogP contribution in [0.2, 0.25) is 0 Å². The van der Waals surface area contributed by atoms with Gasteiger partial charge in [-0.15, -0.1) is 0 Å². The summed E-state index contributed by atoms with van der Waals surface area (Å²) < 4.78 is 172. The first-order valence-corrected chi connectivity index (χ1v) is 12.7. The van der Waals surface area contributed by atoms with Gasteiger partial charge in [-0.05, 0) is 55.8 Å². The molecule has 0 spiro atoms. The first-order valence-electron chi connectivity index (χ1n) is 12.7. The smallest absolute Gasteiger partial charge is 0.200 e. The zero-order valence-corrected chi connectivity index (χ0v) is 20.4. The van der Waals surface area contributed by atoms with Crippen molar-refractivity contribution in [1.29, 1.82) is 0 Å². The SMILES string of the molecule is CCCCC1CCC(C2CCC(CCC(F)(F)C(F)(F)C(F)(F)C(F)(F)C(F)(F)C(F)(F)F)CC2)CC1. The predicted molar refractivity (Wildman–Crippen MR) is 110 cm³/mol. The van der Waals surface area contributed by atoms with Gasteiger partial charge in [-0.2, -0.15) is 57.1 Å². The largest absolute Gasteiger partial charge is 0.460 e. The van der Waals surface area contributed by atoms with Gasteiger partial charge >= 0.3 is 35.8 Å². The zero-order chi connectivity index (χ0) is 28.5. The Kier molecular flexibility index (Phi) is 9.86. The van der Waals surface area contributed by atoms with Gasteiger partial charge in [0.2, 0.25) is 0 Å². The molecule has 2 aliphatic carbocycles. The summed E-state index contributed by atoms with van der Waals surface area (Å²) >= 11 is 0. The van der Waals surface area contributed by atoms with Gasteiger partial charge < -0.3 is 0 Å². The molecule has 0 N–H and O–H groups in total. The lowest BCUT2D eigenvalue weighted by molar-refractivity contribution is -0.440. The van der Waals surface area contributed by atoms with E-state index < -0.39 is 54.5 Å². The Morgan fingerprint density at radius 3 is 1.24 bits per heavy atom. The van der Waals surface area contributed by atoms with Crippen LogP contribution in [0, 0.1) is 23.7 Å². The average Bonchev–Trinajstić information content (AvgIpc) is 2.81. The lowest BCUT2D eigenvalue weighted by Gasteiger charge is -2.40. The molecule has 37 heavy (non-hydrogen) atoms. The van der Waals surface area contributed by atoms with Crippen molar-refractivity contribution in [3.05, 3.63) is 0 Å². The van der Waals surface area contributed by atoms with Crippen LogP contribution in [0.5, 0.6) is 0 Å². The summed E-state index contributed by atoms with van der Waals surface area (Å²) in [5.74, 6) is -35.5. The highest BCUT2D eigenvalue weighted by Crippen LogP contribution is 2.61. The van der Waals surface area contributed by atoms with E-state index in [1.807, 2.05) is 0 Å². The van der Waals surface area contributed by atoms with E-state index in [2.05, 4.69) is 6.92 Å². The maximum absolute atomic E-state index is 14.1. The molecule has 0 bridgehead atoms. The van der Waals surface area contributed by atoms with E-state index >= 15 is 0 Å². The normalized spacial score (nSPS) is 27.4. The second-order valence-corrected chi connectivity index (χ2v) is 10.7. The van der Waals surface area contributed by atoms with Crippen molar-refractivity contribution in [3.8, 4) is 0 Å². The minimum absolute atomic E-state index is 0.304. The molecule has 0 heterocycles. The van der Waals surface area contributed by atoms with Crippen molar-refractivity contribution in [2.75, 3.05) is 0 Å². The molecule has 0 radical (unpaired) electrons. The Hall–Kier alpha value is -0.910. The van der Waals surface area contributed by atoms with E-state index in [0.29, 0.717) is 43.4 Å². The molecule has 0 unspecified atom stereocenters. The molecule has 2 fully saturated rings. The Morgan fingerprint density at radius 1 is 0.486 bits per heavy atom. The standard InChI is InChI=1S/C24H33F13/c1-2-3-4-15-5-9-17(10-6-15)18-11-7-16(8-12-18)13-14-19(25,26)20(27,28)21(29,30)22(31,32)23(33,34)24(35,36)37/h15-18H,2-14H2,1H3. The van der Waals surface area contributed by atoms with Gasteiger partial charge in [0.25, 0.3) is 0 Å². The fraction of sp³-hybridized carbons (Fsp3) is 1.00. The van der Waals surface area contributed by atoms with Gasteiger partial charge in [-0.1, -0.05) is 51.9 Å². The third kappa shape index (κ3) is 6.30. The molecule has 0 aromatic rings. The zero-order valence-electron chi connectivity index (χ0n) is 20.4. The fourth-order valence-corrected chi connectivity index (χ4v) is 5.73. The Bertz CT molecular complexity index is 713. The van der Waals surface area contributed by atoms with Gasteiger partial charge in [-0.25, -0.2) is 0 Å². The molecule has 13 heteroatoms. The molecule has 0 nitrogen and oxygen atoms in total. The monoisotopic (exact) mass is 568 g/mol. The van der Waals surface area contributed by atoms with Crippen LogP contribution in [0.15, 0.2) is 0 Å². The van der Waals surface area contributed by atoms with Crippen molar-refractivity contribution in [2.24, 2.45) is 23.7 Å². The molecule has 2 aliphatic rings. The number of rotatable bonds is 11. The number of unbranched alkanes of at least 4 members (excludes halogenated alkanes) is 1. The highest BCUT2D eigenvalue weighted by Gasteiger charge is 2.90. The third-order valence-electron chi connectivity index (χ3n) is 8.28. The second kappa shape index (κ2) is 11.3. The van der Waals surface area contributed by atoms with E-state index in [0.717, 1.165) is 32.1 Å². The van der Waals surface area contributed by atoms with Gasteiger partial charge in [0.05, 0.1) is 0 Å². The summed E-state index contributed by atoms with van der Waals surface area (Å²) in [5.41, 5.74) is 0. The number of halogens is 13. The maximum atomic E-state index is 14.1. The second-order valence-electron chi connectivity index (χ2n) is 10.7. The van der Waals surface area contributed by atoms with E-state index in [4.69, 9.17) is 0 Å². The predicted octanol–water partition coefficient (Wildman–Crippen LogP) is 10.3. The minimum atomic E-state index is -7.82. The van der Waals surface area contributed by atoms with Crippen LogP contribution in [0.25, 0.3) is 0 Å². The molecular formula is C24H33F13. The van der Waals surface area contributed by atoms with Gasteiger partial charge in [0.1, 0.15) is 0 Å². The molecule has 220 valence electrons. The molecule has 0 aromatic carbocycles. The van der Waals surface area contributed by atoms with Crippen LogP contribution >= 0.6 is 0 Å². The molecule has 0 saturated heterocycles. The summed E-state index contributed by atoms with van der Waals surface area (Å²) in [4.78, 5) is 0. The lowest BCUT2D eigenvalue weighted by atomic mass is 9.68. The quantitative estimate of drug-likeness (QED) is 0.218. The van der Waals surface area contributed by atoms with Crippen molar-refractivity contribution in [1.82, 2.24) is 0 Å². The van der Waals surface area contributed by atoms with Gasteiger partial charge in [0.15, 0.2) is 0 Å². The molecule has 0 aliphatic heterocycles. The van der Waals surface area contributed by atoms with Crippen LogP contribution in [-0.2, 0) is 0 Å². The molecule has 2 saturated carbocycles. The van der Waals surface area contributed by atoms with Crippen molar-refractivity contribution >= 4 is 0 Å². The molecule has 0 aromatic heterocycles. The van der Waals surface area contributed by atoms with Gasteiger partial charge in [0, 0.05) is 6.42 Å². The van der Waals surface area contributed by atoms with Crippen LogP contribution < -0.4 is 0 Å². The van der Waals surface area contributed by atoms with Crippen LogP contribution in [0.4, 0.5) is 57.1 Å². The summed E-state index contributed by atoms with van der Waals surface area (Å²) in [5, 5.41) is 0. The van der Waals surface area contributed by atoms with E-state index in [1.165, 1.54) is 12.8 Å². The summed E-state index contributed by atoms with van der Waals surface area (Å²) in [6.07, 6.45) is -0.666. The highest BCUT2D eigenvalue weighted by atomic mass is 19.4. The molecular weight excluding hydrogens is 535 g/mol. The topological polar surface area (TPSA) is 0 Å². The Labute approximate surface area is 207 Å². The summed E-state index contributed by atoms with van der Waals surface area (Å²) in [7, 11) is 0. The fourth-order valence-electron chi connectivity index (χ4n) is 5.73. The van der Waals surface area contributed by atoms with Crippen LogP contribution in [0.3, 0.4) is 0 Å². The molecule has 2 rings (SSSR count). The highest BCUT2D eigenvalue weighted by molar-refractivity contribution is 5.10. The van der Waals surface area contributed by atoms with Crippen LogP contribution in [0.1, 0.15) is 90.4 Å². The minimum Gasteiger partial charge on any atom is -0.200 e. The van der Waals surface area contributed by atoms with Crippen molar-refractivity contribution in [2.45, 2.75) is 126 Å². The first kappa shape index (κ1) is 32.3. The van der Waals surface area contributed by atoms with Gasteiger partial charge in [-0.3, -0.25) is 0 Å². The summed E-state index contributed by atoms with van der Waals surface area (Å²) in [6, 6.07) is 0. The molecule has 0 amide bonds. The number of alkyl halides is 13.